The molecular weight excluding hydrogens is 370 g/mol. The molecule has 7 heteroatoms. The molecule has 0 aliphatic carbocycles. The summed E-state index contributed by atoms with van der Waals surface area (Å²) in [7, 11) is 0. The van der Waals surface area contributed by atoms with Crippen molar-refractivity contribution < 1.29 is 4.79 Å². The highest BCUT2D eigenvalue weighted by Gasteiger charge is 2.21. The molecule has 1 aromatic carbocycles. The van der Waals surface area contributed by atoms with Crippen LogP contribution in [0.2, 0.25) is 0 Å². The number of carbonyl (C=O) groups excluding carboxylic acids is 1. The zero-order valence-electron chi connectivity index (χ0n) is 13.8. The van der Waals surface area contributed by atoms with Gasteiger partial charge in [0.05, 0.1) is 0 Å². The van der Waals surface area contributed by atoms with Crippen molar-refractivity contribution in [3.8, 4) is 0 Å². The molecule has 0 bridgehead atoms. The van der Waals surface area contributed by atoms with Crippen LogP contribution in [-0.4, -0.2) is 47.0 Å². The molecule has 24 heavy (non-hydrogen) atoms. The Kier molecular flexibility index (Phi) is 4.99. The third-order valence-corrected chi connectivity index (χ3v) is 4.50. The number of piperazine rings is 1. The maximum absolute atomic E-state index is 11.4. The van der Waals surface area contributed by atoms with Gasteiger partial charge in [-0.2, -0.15) is 4.98 Å². The summed E-state index contributed by atoms with van der Waals surface area (Å²) in [5.74, 6) is 1.60. The van der Waals surface area contributed by atoms with Crippen molar-refractivity contribution in [3.63, 3.8) is 0 Å². The number of amides is 1. The Balaban J connectivity index is 1.74. The third kappa shape index (κ3) is 4.03. The zero-order chi connectivity index (χ0) is 17.1. The molecule has 1 amide bonds. The Bertz CT molecular complexity index is 726. The number of nitrogens with one attached hydrogen (secondary N) is 1. The van der Waals surface area contributed by atoms with Gasteiger partial charge in [0.15, 0.2) is 0 Å². The molecule has 0 unspecified atom stereocenters. The second-order valence-corrected chi connectivity index (χ2v) is 6.74. The SMILES string of the molecule is CC(=O)N1CCN(c2nc(C)cc(Nc3ccc(Br)cc3)n2)CC1. The lowest BCUT2D eigenvalue weighted by molar-refractivity contribution is -0.129. The molecule has 1 N–H and O–H groups in total. The molecule has 1 saturated heterocycles. The number of carbonyl (C=O) groups is 1. The first kappa shape index (κ1) is 16.7. The van der Waals surface area contributed by atoms with Gasteiger partial charge in [-0.25, -0.2) is 4.98 Å². The van der Waals surface area contributed by atoms with Crippen LogP contribution in [-0.2, 0) is 4.79 Å². The lowest BCUT2D eigenvalue weighted by atomic mass is 10.3. The normalized spacial score (nSPS) is 14.6. The van der Waals surface area contributed by atoms with E-state index in [1.807, 2.05) is 42.2 Å². The van der Waals surface area contributed by atoms with Crippen LogP contribution in [0.3, 0.4) is 0 Å². The van der Waals surface area contributed by atoms with E-state index in [4.69, 9.17) is 0 Å². The molecule has 1 aromatic heterocycles. The Hall–Kier alpha value is -2.15. The Labute approximate surface area is 150 Å². The molecule has 1 aliphatic heterocycles. The lowest BCUT2D eigenvalue weighted by Crippen LogP contribution is -2.48. The summed E-state index contributed by atoms with van der Waals surface area (Å²) in [6.07, 6.45) is 0. The van der Waals surface area contributed by atoms with Crippen molar-refractivity contribution in [2.45, 2.75) is 13.8 Å². The first-order valence-corrected chi connectivity index (χ1v) is 8.69. The van der Waals surface area contributed by atoms with E-state index in [1.54, 1.807) is 6.92 Å². The minimum Gasteiger partial charge on any atom is -0.340 e. The summed E-state index contributed by atoms with van der Waals surface area (Å²) in [6.45, 7) is 6.49. The minimum atomic E-state index is 0.123. The Morgan fingerprint density at radius 2 is 1.79 bits per heavy atom. The van der Waals surface area contributed by atoms with Crippen LogP contribution in [0.4, 0.5) is 17.5 Å². The van der Waals surface area contributed by atoms with Crippen LogP contribution in [0.25, 0.3) is 0 Å². The van der Waals surface area contributed by atoms with E-state index in [9.17, 15) is 4.79 Å². The predicted octanol–water partition coefficient (Wildman–Crippen LogP) is 2.96. The van der Waals surface area contributed by atoms with Crippen LogP contribution in [0.15, 0.2) is 34.8 Å². The fraction of sp³-hybridized carbons (Fsp3) is 0.353. The average molecular weight is 390 g/mol. The van der Waals surface area contributed by atoms with E-state index < -0.39 is 0 Å². The van der Waals surface area contributed by atoms with Crippen molar-refractivity contribution >= 4 is 39.3 Å². The van der Waals surface area contributed by atoms with Gasteiger partial charge in [-0.15, -0.1) is 0 Å². The average Bonchev–Trinajstić information content (AvgIpc) is 2.56. The van der Waals surface area contributed by atoms with Crippen molar-refractivity contribution in [2.75, 3.05) is 36.4 Å². The molecule has 1 fully saturated rings. The molecule has 6 nitrogen and oxygen atoms in total. The number of aryl methyl sites for hydroxylation is 1. The number of benzene rings is 1. The van der Waals surface area contributed by atoms with Gasteiger partial charge < -0.3 is 15.1 Å². The minimum absolute atomic E-state index is 0.123. The van der Waals surface area contributed by atoms with Gasteiger partial charge in [0, 0.05) is 55.0 Å². The second kappa shape index (κ2) is 7.17. The van der Waals surface area contributed by atoms with E-state index in [0.717, 1.165) is 34.8 Å². The number of hydrogen-bond acceptors (Lipinski definition) is 5. The van der Waals surface area contributed by atoms with E-state index >= 15 is 0 Å². The highest BCUT2D eigenvalue weighted by atomic mass is 79.9. The molecule has 0 atom stereocenters. The predicted molar refractivity (Wildman–Crippen MR) is 98.7 cm³/mol. The van der Waals surface area contributed by atoms with E-state index in [1.165, 1.54) is 0 Å². The van der Waals surface area contributed by atoms with E-state index in [0.29, 0.717) is 19.0 Å². The molecule has 126 valence electrons. The standard InChI is InChI=1S/C17H20BrN5O/c1-12-11-16(20-15-5-3-14(18)4-6-15)21-17(19-12)23-9-7-22(8-10-23)13(2)24/h3-6,11H,7-10H2,1-2H3,(H,19,20,21). The second-order valence-electron chi connectivity index (χ2n) is 5.82. The Morgan fingerprint density at radius 3 is 2.42 bits per heavy atom. The monoisotopic (exact) mass is 389 g/mol. The zero-order valence-corrected chi connectivity index (χ0v) is 15.4. The smallest absolute Gasteiger partial charge is 0.227 e. The number of anilines is 3. The van der Waals surface area contributed by atoms with Gasteiger partial charge in [0.2, 0.25) is 11.9 Å². The molecule has 1 aliphatic rings. The van der Waals surface area contributed by atoms with Crippen LogP contribution >= 0.6 is 15.9 Å². The summed E-state index contributed by atoms with van der Waals surface area (Å²) in [5, 5.41) is 3.32. The molecule has 2 heterocycles. The van der Waals surface area contributed by atoms with Gasteiger partial charge in [0.25, 0.3) is 0 Å². The van der Waals surface area contributed by atoms with Crippen LogP contribution in [0, 0.1) is 6.92 Å². The number of nitrogens with zero attached hydrogens (tertiary/aromatic N) is 4. The lowest BCUT2D eigenvalue weighted by Gasteiger charge is -2.34. The largest absolute Gasteiger partial charge is 0.340 e. The Morgan fingerprint density at radius 1 is 1.12 bits per heavy atom. The summed E-state index contributed by atoms with van der Waals surface area (Å²) >= 11 is 3.43. The van der Waals surface area contributed by atoms with Crippen molar-refractivity contribution in [3.05, 3.63) is 40.5 Å². The highest BCUT2D eigenvalue weighted by molar-refractivity contribution is 9.10. The molecule has 2 aromatic rings. The van der Waals surface area contributed by atoms with Crippen molar-refractivity contribution in [2.24, 2.45) is 0 Å². The van der Waals surface area contributed by atoms with Gasteiger partial charge in [-0.3, -0.25) is 4.79 Å². The summed E-state index contributed by atoms with van der Waals surface area (Å²) in [4.78, 5) is 24.6. The van der Waals surface area contributed by atoms with Crippen LogP contribution in [0.5, 0.6) is 0 Å². The molecule has 0 spiro atoms. The van der Waals surface area contributed by atoms with E-state index in [-0.39, 0.29) is 5.91 Å². The van der Waals surface area contributed by atoms with Crippen molar-refractivity contribution in [1.82, 2.24) is 14.9 Å². The maximum Gasteiger partial charge on any atom is 0.227 e. The van der Waals surface area contributed by atoms with Crippen LogP contribution in [0.1, 0.15) is 12.6 Å². The topological polar surface area (TPSA) is 61.4 Å². The van der Waals surface area contributed by atoms with Crippen molar-refractivity contribution in [1.29, 1.82) is 0 Å². The quantitative estimate of drug-likeness (QED) is 0.873. The summed E-state index contributed by atoms with van der Waals surface area (Å²) < 4.78 is 1.04. The summed E-state index contributed by atoms with van der Waals surface area (Å²) in [6, 6.07) is 9.88. The van der Waals surface area contributed by atoms with Gasteiger partial charge >= 0.3 is 0 Å². The van der Waals surface area contributed by atoms with Gasteiger partial charge in [-0.05, 0) is 31.2 Å². The molecule has 0 radical (unpaired) electrons. The van der Waals surface area contributed by atoms with Gasteiger partial charge in [-0.1, -0.05) is 15.9 Å². The molecule has 0 saturated carbocycles. The fourth-order valence-corrected chi connectivity index (χ4v) is 2.93. The van der Waals surface area contributed by atoms with Gasteiger partial charge in [0.1, 0.15) is 5.82 Å². The number of rotatable bonds is 3. The summed E-state index contributed by atoms with van der Waals surface area (Å²) in [5.41, 5.74) is 1.89. The van der Waals surface area contributed by atoms with Crippen LogP contribution < -0.4 is 10.2 Å². The highest BCUT2D eigenvalue weighted by Crippen LogP contribution is 2.21. The molecule has 3 rings (SSSR count). The van der Waals surface area contributed by atoms with E-state index in [2.05, 4.69) is 36.1 Å². The number of hydrogen-bond donors (Lipinski definition) is 1. The molecular formula is C17H20BrN5O. The fourth-order valence-electron chi connectivity index (χ4n) is 2.66. The first-order valence-electron chi connectivity index (χ1n) is 7.90. The number of aromatic nitrogens is 2. The maximum atomic E-state index is 11.4. The number of halogens is 1. The first-order chi connectivity index (χ1) is 11.5. The third-order valence-electron chi connectivity index (χ3n) is 3.97.